The largest absolute Gasteiger partial charge is 0.494 e. The summed E-state index contributed by atoms with van der Waals surface area (Å²) in [5, 5.41) is 6.22. The van der Waals surface area contributed by atoms with Crippen LogP contribution in [0.3, 0.4) is 0 Å². The van der Waals surface area contributed by atoms with Crippen molar-refractivity contribution in [2.45, 2.75) is 25.7 Å². The molecule has 0 unspecified atom stereocenters. The van der Waals surface area contributed by atoms with Crippen molar-refractivity contribution < 1.29 is 27.1 Å². The molecular weight excluding hydrogens is 505 g/mol. The van der Waals surface area contributed by atoms with Crippen molar-refractivity contribution in [2.75, 3.05) is 7.11 Å². The number of benzene rings is 2. The van der Waals surface area contributed by atoms with Crippen LogP contribution in [0.4, 0.5) is 13.2 Å². The molecule has 5 aromatic rings. The molecule has 0 radical (unpaired) electrons. The highest BCUT2D eigenvalue weighted by atomic mass is 32.1. The molecule has 7 nitrogen and oxygen atoms in total. The van der Waals surface area contributed by atoms with Gasteiger partial charge in [0.1, 0.15) is 17.0 Å². The lowest BCUT2D eigenvalue weighted by Gasteiger charge is -2.11. The number of methoxy groups -OCH3 is 1. The molecule has 3 N–H and O–H groups in total. The number of alkyl halides is 3. The van der Waals surface area contributed by atoms with Gasteiger partial charge in [-0.15, -0.1) is 11.3 Å². The molecule has 3 heterocycles. The summed E-state index contributed by atoms with van der Waals surface area (Å²) in [7, 11) is 1.34. The molecular formula is C26H21F3N4O3S. The van der Waals surface area contributed by atoms with Crippen LogP contribution >= 0.6 is 11.3 Å². The third-order valence-electron chi connectivity index (χ3n) is 5.84. The van der Waals surface area contributed by atoms with Crippen LogP contribution < -0.4 is 15.8 Å². The molecule has 0 fully saturated rings. The molecule has 37 heavy (non-hydrogen) atoms. The number of nitrogens with zero attached hydrogens (tertiary/aromatic N) is 2. The van der Waals surface area contributed by atoms with Crippen LogP contribution in [0, 0.1) is 0 Å². The Balaban J connectivity index is 1.52. The number of carbonyl (C=O) groups excluding carboxylic acids is 1. The number of amides is 1. The van der Waals surface area contributed by atoms with Gasteiger partial charge >= 0.3 is 6.18 Å². The van der Waals surface area contributed by atoms with Gasteiger partial charge in [-0.3, -0.25) is 4.79 Å². The van der Waals surface area contributed by atoms with E-state index in [1.54, 1.807) is 24.3 Å². The topological polar surface area (TPSA) is 103 Å². The van der Waals surface area contributed by atoms with Gasteiger partial charge in [0.2, 0.25) is 5.89 Å². The van der Waals surface area contributed by atoms with E-state index in [2.05, 4.69) is 15.3 Å². The number of oxazole rings is 1. The van der Waals surface area contributed by atoms with Crippen LogP contribution in [-0.2, 0) is 12.7 Å². The Hall–Kier alpha value is -3.96. The number of hydrogen-bond donors (Lipinski definition) is 2. The maximum absolute atomic E-state index is 13.3. The minimum absolute atomic E-state index is 0.00775. The summed E-state index contributed by atoms with van der Waals surface area (Å²) in [6.45, 7) is 1.93. The van der Waals surface area contributed by atoms with Crippen molar-refractivity contribution in [1.29, 1.82) is 0 Å². The molecule has 1 amide bonds. The lowest BCUT2D eigenvalue weighted by atomic mass is 10.1. The minimum atomic E-state index is -4.63. The quantitative estimate of drug-likeness (QED) is 0.278. The molecule has 1 atom stereocenters. The van der Waals surface area contributed by atoms with E-state index in [1.165, 1.54) is 19.2 Å². The molecule has 5 rings (SSSR count). The van der Waals surface area contributed by atoms with Gasteiger partial charge < -0.3 is 20.2 Å². The van der Waals surface area contributed by atoms with Gasteiger partial charge in [0.25, 0.3) is 5.91 Å². The SMILES string of the molecule is COc1ccc(-c2nc(C(=O)NCc3csc4ccccc34)c([C@H](C)N)o2)c2ccc(C(F)(F)F)nc12. The number of ether oxygens (including phenoxy) is 1. The Morgan fingerprint density at radius 2 is 1.92 bits per heavy atom. The number of fused-ring (bicyclic) bond motifs is 2. The summed E-state index contributed by atoms with van der Waals surface area (Å²) in [6.07, 6.45) is -4.63. The Bertz CT molecular complexity index is 1620. The fourth-order valence-corrected chi connectivity index (χ4v) is 5.01. The zero-order valence-electron chi connectivity index (χ0n) is 19.7. The van der Waals surface area contributed by atoms with E-state index < -0.39 is 23.8 Å². The van der Waals surface area contributed by atoms with Crippen LogP contribution in [0.25, 0.3) is 32.4 Å². The normalized spacial score (nSPS) is 12.7. The van der Waals surface area contributed by atoms with Crippen LogP contribution in [0.15, 0.2) is 58.3 Å². The zero-order valence-corrected chi connectivity index (χ0v) is 20.5. The molecule has 0 aliphatic rings. The molecule has 0 saturated carbocycles. The van der Waals surface area contributed by atoms with Crippen LogP contribution in [0.1, 0.15) is 40.5 Å². The number of pyridine rings is 1. The molecule has 0 spiro atoms. The van der Waals surface area contributed by atoms with E-state index in [9.17, 15) is 18.0 Å². The van der Waals surface area contributed by atoms with E-state index in [-0.39, 0.29) is 35.2 Å². The second-order valence-electron chi connectivity index (χ2n) is 8.37. The first-order chi connectivity index (χ1) is 17.7. The fraction of sp³-hybridized carbons (Fsp3) is 0.192. The van der Waals surface area contributed by atoms with E-state index in [0.29, 0.717) is 10.9 Å². The third kappa shape index (κ3) is 4.63. The van der Waals surface area contributed by atoms with Crippen molar-refractivity contribution >= 4 is 38.2 Å². The van der Waals surface area contributed by atoms with Crippen molar-refractivity contribution in [2.24, 2.45) is 5.73 Å². The number of aromatic nitrogens is 2. The van der Waals surface area contributed by atoms with E-state index in [4.69, 9.17) is 14.9 Å². The molecule has 0 aliphatic heterocycles. The number of thiophene rings is 1. The van der Waals surface area contributed by atoms with Crippen LogP contribution in [0.5, 0.6) is 5.75 Å². The smallest absolute Gasteiger partial charge is 0.433 e. The summed E-state index contributed by atoms with van der Waals surface area (Å²) in [5.41, 5.74) is 6.32. The summed E-state index contributed by atoms with van der Waals surface area (Å²) in [5.74, 6) is -0.128. The van der Waals surface area contributed by atoms with E-state index in [0.717, 1.165) is 21.7 Å². The predicted octanol–water partition coefficient (Wildman–Crippen LogP) is 6.08. The Kier molecular flexibility index (Phi) is 6.34. The molecule has 190 valence electrons. The second-order valence-corrected chi connectivity index (χ2v) is 9.28. The maximum atomic E-state index is 13.3. The highest BCUT2D eigenvalue weighted by molar-refractivity contribution is 7.17. The third-order valence-corrected chi connectivity index (χ3v) is 6.86. The van der Waals surface area contributed by atoms with Crippen molar-refractivity contribution in [3.63, 3.8) is 0 Å². The average Bonchev–Trinajstić information content (AvgIpc) is 3.51. The highest BCUT2D eigenvalue weighted by Crippen LogP contribution is 2.37. The standard InChI is InChI=1S/C26H21F3N4O3S/c1-13(30)23-22(24(34)31-11-14-12-37-19-6-4-3-5-15(14)19)33-25(36-23)17-7-9-18(35-2)21-16(17)8-10-20(32-21)26(27,28)29/h3-10,12-13H,11,30H2,1-2H3,(H,31,34)/t13-/m0/s1. The molecule has 2 aromatic carbocycles. The first kappa shape index (κ1) is 24.7. The summed E-state index contributed by atoms with van der Waals surface area (Å²) < 4.78 is 52.1. The Morgan fingerprint density at radius 1 is 1.14 bits per heavy atom. The molecule has 11 heteroatoms. The zero-order chi connectivity index (χ0) is 26.3. The molecule has 0 saturated heterocycles. The van der Waals surface area contributed by atoms with Crippen LogP contribution in [-0.4, -0.2) is 23.0 Å². The minimum Gasteiger partial charge on any atom is -0.494 e. The van der Waals surface area contributed by atoms with Crippen LogP contribution in [0.2, 0.25) is 0 Å². The average molecular weight is 527 g/mol. The molecule has 0 bridgehead atoms. The van der Waals surface area contributed by atoms with Gasteiger partial charge in [-0.05, 0) is 53.6 Å². The van der Waals surface area contributed by atoms with Gasteiger partial charge in [-0.25, -0.2) is 9.97 Å². The first-order valence-electron chi connectivity index (χ1n) is 11.2. The lowest BCUT2D eigenvalue weighted by Crippen LogP contribution is -2.25. The van der Waals surface area contributed by atoms with Crippen molar-refractivity contribution in [3.8, 4) is 17.2 Å². The number of rotatable bonds is 6. The van der Waals surface area contributed by atoms with Gasteiger partial charge in [-0.1, -0.05) is 18.2 Å². The number of hydrogen-bond acceptors (Lipinski definition) is 7. The molecule has 3 aromatic heterocycles. The summed E-state index contributed by atoms with van der Waals surface area (Å²) in [6, 6.07) is 12.4. The number of halogens is 3. The highest BCUT2D eigenvalue weighted by Gasteiger charge is 2.33. The predicted molar refractivity (Wildman–Crippen MR) is 134 cm³/mol. The fourth-order valence-electron chi connectivity index (χ4n) is 4.05. The van der Waals surface area contributed by atoms with E-state index >= 15 is 0 Å². The number of nitrogens with two attached hydrogens (primary N) is 1. The second kappa shape index (κ2) is 9.49. The van der Waals surface area contributed by atoms with Gasteiger partial charge in [-0.2, -0.15) is 13.2 Å². The van der Waals surface area contributed by atoms with Crippen molar-refractivity contribution in [3.05, 3.63) is 76.6 Å². The first-order valence-corrected chi connectivity index (χ1v) is 12.1. The number of nitrogens with one attached hydrogen (secondary N) is 1. The van der Waals surface area contributed by atoms with Gasteiger partial charge in [0.05, 0.1) is 13.2 Å². The lowest BCUT2D eigenvalue weighted by molar-refractivity contribution is -0.140. The Labute approximate surface area is 213 Å². The Morgan fingerprint density at radius 3 is 2.65 bits per heavy atom. The molecule has 0 aliphatic carbocycles. The van der Waals surface area contributed by atoms with Gasteiger partial charge in [0, 0.05) is 22.2 Å². The monoisotopic (exact) mass is 526 g/mol. The summed E-state index contributed by atoms with van der Waals surface area (Å²) >= 11 is 1.59. The van der Waals surface area contributed by atoms with Gasteiger partial charge in [0.15, 0.2) is 11.5 Å². The van der Waals surface area contributed by atoms with Crippen molar-refractivity contribution in [1.82, 2.24) is 15.3 Å². The number of carbonyl (C=O) groups is 1. The maximum Gasteiger partial charge on any atom is 0.433 e. The van der Waals surface area contributed by atoms with E-state index in [1.807, 2.05) is 29.6 Å². The summed E-state index contributed by atoms with van der Waals surface area (Å²) in [4.78, 5) is 21.3.